The highest BCUT2D eigenvalue weighted by Crippen LogP contribution is 2.21. The molecule has 1 heterocycles. The molecule has 6 nitrogen and oxygen atoms in total. The fourth-order valence-corrected chi connectivity index (χ4v) is 2.34. The van der Waals surface area contributed by atoms with Crippen molar-refractivity contribution in [3.8, 4) is 0 Å². The summed E-state index contributed by atoms with van der Waals surface area (Å²) < 4.78 is 5.39. The molecule has 3 atom stereocenters. The molecular formula is C14H26N2O4. The number of amides is 1. The Bertz CT molecular complexity index is 365. The average Bonchev–Trinajstić information content (AvgIpc) is 2.29. The molecule has 0 saturated carbocycles. The molecule has 0 radical (unpaired) electrons. The number of piperidine rings is 1. The van der Waals surface area contributed by atoms with Crippen molar-refractivity contribution < 1.29 is 19.4 Å². The summed E-state index contributed by atoms with van der Waals surface area (Å²) in [5, 5.41) is 12.0. The van der Waals surface area contributed by atoms with E-state index in [0.717, 1.165) is 12.8 Å². The Morgan fingerprint density at radius 2 is 2.00 bits per heavy atom. The molecule has 2 N–H and O–H groups in total. The standard InChI is InChI=1S/C14H26N2O4/c1-9(12(17)18)15-11-7-6-8-16(10(11)2)13(19)20-14(3,4)5/h9-11,15H,6-8H2,1-5H3,(H,17,18). The van der Waals surface area contributed by atoms with Gasteiger partial charge in [0.15, 0.2) is 0 Å². The summed E-state index contributed by atoms with van der Waals surface area (Å²) >= 11 is 0. The van der Waals surface area contributed by atoms with E-state index in [1.807, 2.05) is 27.7 Å². The minimum Gasteiger partial charge on any atom is -0.480 e. The van der Waals surface area contributed by atoms with Crippen molar-refractivity contribution in [3.63, 3.8) is 0 Å². The Balaban J connectivity index is 2.66. The molecule has 3 unspecified atom stereocenters. The summed E-state index contributed by atoms with van der Waals surface area (Å²) in [7, 11) is 0. The first kappa shape index (κ1) is 16.8. The molecular weight excluding hydrogens is 260 g/mol. The van der Waals surface area contributed by atoms with Crippen molar-refractivity contribution in [1.82, 2.24) is 10.2 Å². The van der Waals surface area contributed by atoms with Crippen LogP contribution in [0.4, 0.5) is 4.79 Å². The van der Waals surface area contributed by atoms with E-state index in [2.05, 4.69) is 5.32 Å². The van der Waals surface area contributed by atoms with Crippen molar-refractivity contribution in [2.24, 2.45) is 0 Å². The summed E-state index contributed by atoms with van der Waals surface area (Å²) in [6.07, 6.45) is 1.37. The Labute approximate surface area is 120 Å². The first-order valence-corrected chi connectivity index (χ1v) is 7.10. The van der Waals surface area contributed by atoms with Crippen LogP contribution >= 0.6 is 0 Å². The highest BCUT2D eigenvalue weighted by atomic mass is 16.6. The lowest BCUT2D eigenvalue weighted by molar-refractivity contribution is -0.139. The van der Waals surface area contributed by atoms with E-state index in [-0.39, 0.29) is 18.2 Å². The zero-order valence-corrected chi connectivity index (χ0v) is 13.0. The topological polar surface area (TPSA) is 78.9 Å². The van der Waals surface area contributed by atoms with Gasteiger partial charge in [-0.15, -0.1) is 0 Å². The van der Waals surface area contributed by atoms with Gasteiger partial charge in [-0.1, -0.05) is 0 Å². The van der Waals surface area contributed by atoms with Crippen LogP contribution in [0.1, 0.15) is 47.5 Å². The van der Waals surface area contributed by atoms with Gasteiger partial charge in [0.1, 0.15) is 11.6 Å². The number of carboxylic acids is 1. The molecule has 1 amide bonds. The molecule has 1 fully saturated rings. The molecule has 0 aromatic carbocycles. The third-order valence-corrected chi connectivity index (χ3v) is 3.45. The molecule has 0 aromatic rings. The zero-order valence-electron chi connectivity index (χ0n) is 13.0. The predicted octanol–water partition coefficient (Wildman–Crippen LogP) is 1.84. The molecule has 1 aliphatic rings. The monoisotopic (exact) mass is 286 g/mol. The number of nitrogens with one attached hydrogen (secondary N) is 1. The molecule has 1 aliphatic heterocycles. The molecule has 20 heavy (non-hydrogen) atoms. The maximum atomic E-state index is 12.1. The van der Waals surface area contributed by atoms with Gasteiger partial charge in [-0.3, -0.25) is 10.1 Å². The van der Waals surface area contributed by atoms with Crippen molar-refractivity contribution in [1.29, 1.82) is 0 Å². The van der Waals surface area contributed by atoms with Crippen LogP contribution in [-0.4, -0.2) is 52.3 Å². The SMILES string of the molecule is CC(NC1CCCN(C(=O)OC(C)(C)C)C1C)C(=O)O. The maximum Gasteiger partial charge on any atom is 0.410 e. The van der Waals surface area contributed by atoms with E-state index in [4.69, 9.17) is 9.84 Å². The van der Waals surface area contributed by atoms with Crippen LogP contribution in [0.15, 0.2) is 0 Å². The second-order valence-corrected chi connectivity index (χ2v) is 6.39. The number of likely N-dealkylation sites (tertiary alicyclic amines) is 1. The first-order chi connectivity index (χ1) is 9.11. The van der Waals surface area contributed by atoms with Crippen molar-refractivity contribution in [2.45, 2.75) is 71.2 Å². The summed E-state index contributed by atoms with van der Waals surface area (Å²) in [6, 6.07) is -0.733. The smallest absolute Gasteiger partial charge is 0.410 e. The zero-order chi connectivity index (χ0) is 15.5. The number of nitrogens with zero attached hydrogens (tertiary/aromatic N) is 1. The van der Waals surface area contributed by atoms with Gasteiger partial charge in [0.2, 0.25) is 0 Å². The van der Waals surface area contributed by atoms with Gasteiger partial charge in [-0.25, -0.2) is 4.79 Å². The molecule has 0 bridgehead atoms. The normalized spacial score (nSPS) is 25.1. The van der Waals surface area contributed by atoms with E-state index < -0.39 is 17.6 Å². The first-order valence-electron chi connectivity index (χ1n) is 7.10. The number of carbonyl (C=O) groups is 2. The highest BCUT2D eigenvalue weighted by molar-refractivity contribution is 5.73. The van der Waals surface area contributed by atoms with E-state index in [9.17, 15) is 9.59 Å². The molecule has 6 heteroatoms. The van der Waals surface area contributed by atoms with Gasteiger partial charge in [-0.05, 0) is 47.5 Å². The lowest BCUT2D eigenvalue weighted by Gasteiger charge is -2.40. The summed E-state index contributed by atoms with van der Waals surface area (Å²) in [5.41, 5.74) is -0.522. The fraction of sp³-hybridized carbons (Fsp3) is 0.857. The largest absolute Gasteiger partial charge is 0.480 e. The van der Waals surface area contributed by atoms with Crippen LogP contribution in [0.5, 0.6) is 0 Å². The minimum absolute atomic E-state index is 0.0256. The van der Waals surface area contributed by atoms with E-state index in [1.54, 1.807) is 11.8 Å². The average molecular weight is 286 g/mol. The molecule has 0 aliphatic carbocycles. The summed E-state index contributed by atoms with van der Waals surface area (Å²) in [6.45, 7) is 9.69. The number of hydrogen-bond acceptors (Lipinski definition) is 4. The Hall–Kier alpha value is -1.30. The quantitative estimate of drug-likeness (QED) is 0.827. The number of carboxylic acid groups (broad SMARTS) is 1. The van der Waals surface area contributed by atoms with E-state index in [1.165, 1.54) is 0 Å². The van der Waals surface area contributed by atoms with Crippen molar-refractivity contribution in [2.75, 3.05) is 6.54 Å². The van der Waals surface area contributed by atoms with E-state index in [0.29, 0.717) is 6.54 Å². The van der Waals surface area contributed by atoms with Gasteiger partial charge in [0.25, 0.3) is 0 Å². The summed E-state index contributed by atoms with van der Waals surface area (Å²) in [5.74, 6) is -0.883. The molecule has 0 spiro atoms. The van der Waals surface area contributed by atoms with Crippen LogP contribution in [-0.2, 0) is 9.53 Å². The second-order valence-electron chi connectivity index (χ2n) is 6.39. The molecule has 1 saturated heterocycles. The van der Waals surface area contributed by atoms with Crippen LogP contribution in [0.2, 0.25) is 0 Å². The van der Waals surface area contributed by atoms with Crippen LogP contribution in [0.3, 0.4) is 0 Å². The van der Waals surface area contributed by atoms with Gasteiger partial charge in [0.05, 0.1) is 0 Å². The minimum atomic E-state index is -0.883. The Morgan fingerprint density at radius 3 is 2.50 bits per heavy atom. The third kappa shape index (κ3) is 4.67. The van der Waals surface area contributed by atoms with Gasteiger partial charge >= 0.3 is 12.1 Å². The van der Waals surface area contributed by atoms with Gasteiger partial charge in [-0.2, -0.15) is 0 Å². The Morgan fingerprint density at radius 1 is 1.40 bits per heavy atom. The lowest BCUT2D eigenvalue weighted by atomic mass is 9.97. The fourth-order valence-electron chi connectivity index (χ4n) is 2.34. The third-order valence-electron chi connectivity index (χ3n) is 3.45. The van der Waals surface area contributed by atoms with Crippen LogP contribution < -0.4 is 5.32 Å². The molecule has 1 rings (SSSR count). The van der Waals surface area contributed by atoms with Gasteiger partial charge < -0.3 is 14.7 Å². The summed E-state index contributed by atoms with van der Waals surface area (Å²) in [4.78, 5) is 24.7. The van der Waals surface area contributed by atoms with Crippen LogP contribution in [0, 0.1) is 0 Å². The van der Waals surface area contributed by atoms with Crippen LogP contribution in [0.25, 0.3) is 0 Å². The van der Waals surface area contributed by atoms with Crippen molar-refractivity contribution in [3.05, 3.63) is 0 Å². The molecule has 0 aromatic heterocycles. The number of ether oxygens (including phenoxy) is 1. The maximum absolute atomic E-state index is 12.1. The number of hydrogen-bond donors (Lipinski definition) is 2. The molecule has 116 valence electrons. The second kappa shape index (κ2) is 6.43. The predicted molar refractivity (Wildman–Crippen MR) is 75.7 cm³/mol. The lowest BCUT2D eigenvalue weighted by Crippen LogP contribution is -2.57. The number of aliphatic carboxylic acids is 1. The Kier molecular flexibility index (Phi) is 5.39. The number of rotatable bonds is 3. The van der Waals surface area contributed by atoms with Crippen molar-refractivity contribution >= 4 is 12.1 Å². The van der Waals surface area contributed by atoms with E-state index >= 15 is 0 Å². The number of carbonyl (C=O) groups excluding carboxylic acids is 1. The van der Waals surface area contributed by atoms with Gasteiger partial charge in [0, 0.05) is 18.6 Å². The highest BCUT2D eigenvalue weighted by Gasteiger charge is 2.34.